The minimum Gasteiger partial charge on any atom is -0.399 e. The topological polar surface area (TPSA) is 58.4 Å². The van der Waals surface area contributed by atoms with Crippen LogP contribution in [0, 0.1) is 6.92 Å². The highest BCUT2D eigenvalue weighted by atomic mass is 32.2. The number of aryl methyl sites for hydroxylation is 1. The summed E-state index contributed by atoms with van der Waals surface area (Å²) in [5.41, 5.74) is 8.28. The van der Waals surface area contributed by atoms with E-state index in [2.05, 4.69) is 17.1 Å². The average molecular weight is 293 g/mol. The molecule has 1 amide bonds. The van der Waals surface area contributed by atoms with E-state index < -0.39 is 0 Å². The molecule has 1 unspecified atom stereocenters. The van der Waals surface area contributed by atoms with Crippen molar-refractivity contribution in [3.63, 3.8) is 0 Å². The molecule has 5 heteroatoms. The van der Waals surface area contributed by atoms with Gasteiger partial charge in [0.1, 0.15) is 0 Å². The number of hydrogen-bond donors (Lipinski definition) is 2. The van der Waals surface area contributed by atoms with Gasteiger partial charge in [-0.2, -0.15) is 11.8 Å². The van der Waals surface area contributed by atoms with Crippen molar-refractivity contribution in [2.24, 2.45) is 0 Å². The van der Waals surface area contributed by atoms with Gasteiger partial charge in [0.25, 0.3) is 0 Å². The van der Waals surface area contributed by atoms with Crippen LogP contribution in [0.3, 0.4) is 0 Å². The van der Waals surface area contributed by atoms with Crippen LogP contribution in [0.25, 0.3) is 0 Å². The van der Waals surface area contributed by atoms with Gasteiger partial charge in [-0.3, -0.25) is 9.69 Å². The highest BCUT2D eigenvalue weighted by Crippen LogP contribution is 2.21. The Morgan fingerprint density at radius 1 is 1.55 bits per heavy atom. The van der Waals surface area contributed by atoms with Gasteiger partial charge in [-0.25, -0.2) is 0 Å². The summed E-state index contributed by atoms with van der Waals surface area (Å²) < 4.78 is 0. The first kappa shape index (κ1) is 15.2. The van der Waals surface area contributed by atoms with Crippen molar-refractivity contribution in [1.82, 2.24) is 4.90 Å². The van der Waals surface area contributed by atoms with Gasteiger partial charge in [0.05, 0.1) is 6.54 Å². The third-order valence-corrected chi connectivity index (χ3v) is 4.95. The van der Waals surface area contributed by atoms with Gasteiger partial charge < -0.3 is 11.1 Å². The summed E-state index contributed by atoms with van der Waals surface area (Å²) in [6.07, 6.45) is 1.16. The molecule has 1 saturated heterocycles. The Kier molecular flexibility index (Phi) is 5.31. The van der Waals surface area contributed by atoms with Gasteiger partial charge >= 0.3 is 0 Å². The average Bonchev–Trinajstić information content (AvgIpc) is 2.43. The van der Waals surface area contributed by atoms with Crippen molar-refractivity contribution in [3.8, 4) is 0 Å². The number of rotatable bonds is 4. The second-order valence-corrected chi connectivity index (χ2v) is 6.67. The SMILES string of the molecule is CCC1CN(CC(=O)Nc2cc(N)ccc2C)CCS1. The number of nitrogens with zero attached hydrogens (tertiary/aromatic N) is 1. The fourth-order valence-electron chi connectivity index (χ4n) is 2.34. The minimum absolute atomic E-state index is 0.0421. The Hall–Kier alpha value is -1.20. The number of carbonyl (C=O) groups excluding carboxylic acids is 1. The first-order chi connectivity index (χ1) is 9.58. The largest absolute Gasteiger partial charge is 0.399 e. The van der Waals surface area contributed by atoms with Gasteiger partial charge in [0, 0.05) is 35.5 Å². The quantitative estimate of drug-likeness (QED) is 0.837. The fourth-order valence-corrected chi connectivity index (χ4v) is 3.59. The molecule has 2 rings (SSSR count). The number of nitrogens with two attached hydrogens (primary N) is 1. The van der Waals surface area contributed by atoms with Crippen LogP contribution in [-0.4, -0.2) is 41.4 Å². The number of benzene rings is 1. The molecule has 0 aliphatic carbocycles. The van der Waals surface area contributed by atoms with E-state index in [1.165, 1.54) is 0 Å². The molecule has 0 radical (unpaired) electrons. The van der Waals surface area contributed by atoms with Crippen molar-refractivity contribution >= 4 is 29.0 Å². The highest BCUT2D eigenvalue weighted by molar-refractivity contribution is 8.00. The van der Waals surface area contributed by atoms with Crippen LogP contribution in [0.4, 0.5) is 11.4 Å². The number of amides is 1. The van der Waals surface area contributed by atoms with Crippen molar-refractivity contribution < 1.29 is 4.79 Å². The van der Waals surface area contributed by atoms with E-state index in [1.807, 2.05) is 36.9 Å². The lowest BCUT2D eigenvalue weighted by molar-refractivity contribution is -0.117. The van der Waals surface area contributed by atoms with Gasteiger partial charge in [-0.05, 0) is 31.0 Å². The molecule has 1 atom stereocenters. The van der Waals surface area contributed by atoms with Gasteiger partial charge in [-0.15, -0.1) is 0 Å². The first-order valence-electron chi connectivity index (χ1n) is 7.08. The van der Waals surface area contributed by atoms with E-state index in [-0.39, 0.29) is 5.91 Å². The number of anilines is 2. The number of nitrogen functional groups attached to an aromatic ring is 1. The smallest absolute Gasteiger partial charge is 0.238 e. The van der Waals surface area contributed by atoms with E-state index in [0.29, 0.717) is 17.5 Å². The van der Waals surface area contributed by atoms with Crippen LogP contribution in [-0.2, 0) is 4.79 Å². The van der Waals surface area contributed by atoms with Crippen LogP contribution < -0.4 is 11.1 Å². The minimum atomic E-state index is 0.0421. The lowest BCUT2D eigenvalue weighted by Crippen LogP contribution is -2.42. The zero-order valence-electron chi connectivity index (χ0n) is 12.2. The molecule has 1 aliphatic heterocycles. The molecule has 20 heavy (non-hydrogen) atoms. The Morgan fingerprint density at radius 2 is 2.35 bits per heavy atom. The lowest BCUT2D eigenvalue weighted by atomic mass is 10.2. The molecule has 1 aliphatic rings. The summed E-state index contributed by atoms with van der Waals surface area (Å²) >= 11 is 2.01. The van der Waals surface area contributed by atoms with Gasteiger partial charge in [0.2, 0.25) is 5.91 Å². The summed E-state index contributed by atoms with van der Waals surface area (Å²) in [6.45, 7) is 6.64. The second-order valence-electron chi connectivity index (χ2n) is 5.26. The monoisotopic (exact) mass is 293 g/mol. The number of nitrogens with one attached hydrogen (secondary N) is 1. The molecule has 4 nitrogen and oxygen atoms in total. The zero-order chi connectivity index (χ0) is 14.5. The van der Waals surface area contributed by atoms with Gasteiger partial charge in [0.15, 0.2) is 0 Å². The summed E-state index contributed by atoms with van der Waals surface area (Å²) in [7, 11) is 0. The summed E-state index contributed by atoms with van der Waals surface area (Å²) in [5, 5.41) is 3.62. The summed E-state index contributed by atoms with van der Waals surface area (Å²) in [6, 6.07) is 5.59. The number of thioether (sulfide) groups is 1. The van der Waals surface area contributed by atoms with Crippen LogP contribution in [0.2, 0.25) is 0 Å². The standard InChI is InChI=1S/C15H23N3OS/c1-3-13-9-18(6-7-20-13)10-15(19)17-14-8-12(16)5-4-11(14)2/h4-5,8,13H,3,6-7,9-10,16H2,1-2H3,(H,17,19). The highest BCUT2D eigenvalue weighted by Gasteiger charge is 2.20. The second kappa shape index (κ2) is 6.99. The van der Waals surface area contributed by atoms with E-state index in [9.17, 15) is 4.79 Å². The molecule has 3 N–H and O–H groups in total. The van der Waals surface area contributed by atoms with Gasteiger partial charge in [-0.1, -0.05) is 13.0 Å². The Balaban J connectivity index is 1.90. The van der Waals surface area contributed by atoms with E-state index in [1.54, 1.807) is 0 Å². The molecule has 1 aromatic carbocycles. The van der Waals surface area contributed by atoms with E-state index in [0.717, 1.165) is 36.5 Å². The lowest BCUT2D eigenvalue weighted by Gasteiger charge is -2.31. The van der Waals surface area contributed by atoms with E-state index in [4.69, 9.17) is 5.73 Å². The van der Waals surface area contributed by atoms with Crippen molar-refractivity contribution in [2.45, 2.75) is 25.5 Å². The predicted octanol–water partition coefficient (Wildman–Crippen LogP) is 2.34. The van der Waals surface area contributed by atoms with Crippen LogP contribution in [0.5, 0.6) is 0 Å². The molecule has 0 bridgehead atoms. The fraction of sp³-hybridized carbons (Fsp3) is 0.533. The Morgan fingerprint density at radius 3 is 3.10 bits per heavy atom. The molecule has 0 saturated carbocycles. The van der Waals surface area contributed by atoms with Crippen LogP contribution in [0.15, 0.2) is 18.2 Å². The van der Waals surface area contributed by atoms with Crippen molar-refractivity contribution in [2.75, 3.05) is 36.4 Å². The zero-order valence-corrected chi connectivity index (χ0v) is 13.0. The summed E-state index contributed by atoms with van der Waals surface area (Å²) in [5.74, 6) is 1.16. The first-order valence-corrected chi connectivity index (χ1v) is 8.13. The molecule has 1 aromatic rings. The molecule has 1 fully saturated rings. The maximum atomic E-state index is 12.1. The number of hydrogen-bond acceptors (Lipinski definition) is 4. The maximum absolute atomic E-state index is 12.1. The third kappa shape index (κ3) is 4.15. The molecule has 110 valence electrons. The normalized spacial score (nSPS) is 19.8. The summed E-state index contributed by atoms with van der Waals surface area (Å²) in [4.78, 5) is 14.4. The third-order valence-electron chi connectivity index (χ3n) is 3.58. The molecule has 0 aromatic heterocycles. The van der Waals surface area contributed by atoms with Crippen molar-refractivity contribution in [3.05, 3.63) is 23.8 Å². The Labute approximate surface area is 125 Å². The molecular formula is C15H23N3OS. The molecular weight excluding hydrogens is 270 g/mol. The van der Waals surface area contributed by atoms with Crippen LogP contribution >= 0.6 is 11.8 Å². The molecule has 1 heterocycles. The predicted molar refractivity (Wildman–Crippen MR) is 87.2 cm³/mol. The number of carbonyl (C=O) groups is 1. The van der Waals surface area contributed by atoms with Crippen molar-refractivity contribution in [1.29, 1.82) is 0 Å². The molecule has 0 spiro atoms. The Bertz CT molecular complexity index is 478. The van der Waals surface area contributed by atoms with E-state index >= 15 is 0 Å². The maximum Gasteiger partial charge on any atom is 0.238 e. The van der Waals surface area contributed by atoms with Crippen LogP contribution in [0.1, 0.15) is 18.9 Å².